The van der Waals surface area contributed by atoms with Crippen molar-refractivity contribution >= 4 is 11.7 Å². The van der Waals surface area contributed by atoms with Gasteiger partial charge >= 0.3 is 5.97 Å². The minimum Gasteiger partial charge on any atom is -0.480 e. The molecular weight excluding hydrogens is 235 g/mol. The van der Waals surface area contributed by atoms with Gasteiger partial charge in [0.25, 0.3) is 0 Å². The van der Waals surface area contributed by atoms with Gasteiger partial charge in [0.05, 0.1) is 0 Å². The van der Waals surface area contributed by atoms with Crippen molar-refractivity contribution in [3.8, 4) is 0 Å². The molecule has 0 aliphatic heterocycles. The highest BCUT2D eigenvalue weighted by Crippen LogP contribution is 2.20. The van der Waals surface area contributed by atoms with Crippen LogP contribution in [0, 0.1) is 5.82 Å². The fourth-order valence-electron chi connectivity index (χ4n) is 1.81. The van der Waals surface area contributed by atoms with Crippen LogP contribution in [0.4, 0.5) is 10.1 Å². The molecule has 1 fully saturated rings. The van der Waals surface area contributed by atoms with Gasteiger partial charge in [-0.3, -0.25) is 4.79 Å². The Morgan fingerprint density at radius 2 is 2.11 bits per heavy atom. The molecule has 1 aromatic carbocycles. The number of rotatable bonds is 6. The number of nitrogens with one attached hydrogen (secondary N) is 1. The van der Waals surface area contributed by atoms with Gasteiger partial charge in [-0.25, -0.2) is 4.39 Å². The lowest BCUT2D eigenvalue weighted by Crippen LogP contribution is -2.46. The van der Waals surface area contributed by atoms with E-state index in [2.05, 4.69) is 5.32 Å². The van der Waals surface area contributed by atoms with E-state index in [1.807, 2.05) is 4.90 Å². The van der Waals surface area contributed by atoms with Crippen molar-refractivity contribution in [2.75, 3.05) is 18.5 Å². The van der Waals surface area contributed by atoms with Crippen LogP contribution in [0.1, 0.15) is 12.8 Å². The zero-order valence-corrected chi connectivity index (χ0v) is 10.3. The average Bonchev–Trinajstić information content (AvgIpc) is 3.12. The lowest BCUT2D eigenvalue weighted by atomic mass is 10.2. The smallest absolute Gasteiger partial charge is 0.322 e. The highest BCUT2D eigenvalue weighted by molar-refractivity contribution is 5.74. The third kappa shape index (κ3) is 3.43. The normalized spacial score (nSPS) is 16.3. The number of anilines is 1. The first-order valence-electron chi connectivity index (χ1n) is 6.02. The van der Waals surface area contributed by atoms with Gasteiger partial charge in [0.15, 0.2) is 0 Å². The molecule has 4 nitrogen and oxygen atoms in total. The van der Waals surface area contributed by atoms with Gasteiger partial charge in [-0.2, -0.15) is 0 Å². The second-order valence-electron chi connectivity index (χ2n) is 4.69. The zero-order valence-electron chi connectivity index (χ0n) is 10.3. The van der Waals surface area contributed by atoms with Crippen LogP contribution >= 0.6 is 0 Å². The summed E-state index contributed by atoms with van der Waals surface area (Å²) in [7, 11) is 1.80. The summed E-state index contributed by atoms with van der Waals surface area (Å²) in [5, 5.41) is 12.2. The van der Waals surface area contributed by atoms with E-state index in [4.69, 9.17) is 5.11 Å². The van der Waals surface area contributed by atoms with E-state index in [-0.39, 0.29) is 5.82 Å². The first-order valence-corrected chi connectivity index (χ1v) is 6.02. The number of halogens is 1. The van der Waals surface area contributed by atoms with Crippen LogP contribution in [0.15, 0.2) is 24.3 Å². The number of hydrogen-bond acceptors (Lipinski definition) is 3. The zero-order chi connectivity index (χ0) is 13.1. The molecule has 18 heavy (non-hydrogen) atoms. The highest BCUT2D eigenvalue weighted by atomic mass is 19.1. The topological polar surface area (TPSA) is 52.6 Å². The predicted molar refractivity (Wildman–Crippen MR) is 67.3 cm³/mol. The van der Waals surface area contributed by atoms with Gasteiger partial charge in [0.1, 0.15) is 11.9 Å². The highest BCUT2D eigenvalue weighted by Gasteiger charge is 2.28. The molecule has 2 N–H and O–H groups in total. The molecule has 1 atom stereocenters. The van der Waals surface area contributed by atoms with E-state index in [0.29, 0.717) is 12.6 Å². The number of hydrogen-bond donors (Lipinski definition) is 2. The second-order valence-corrected chi connectivity index (χ2v) is 4.69. The summed E-state index contributed by atoms with van der Waals surface area (Å²) in [5.41, 5.74) is 0.806. The minimum absolute atomic E-state index is 0.293. The second kappa shape index (κ2) is 5.35. The first-order chi connectivity index (χ1) is 8.56. The summed E-state index contributed by atoms with van der Waals surface area (Å²) in [6.45, 7) is 0.359. The quantitative estimate of drug-likeness (QED) is 0.805. The number of carboxylic acids is 1. The summed E-state index contributed by atoms with van der Waals surface area (Å²) in [4.78, 5) is 12.9. The number of carboxylic acid groups (broad SMARTS) is 1. The SMILES string of the molecule is CN(CC(NC1CC1)C(=O)O)c1ccc(F)cc1. The molecule has 0 saturated heterocycles. The van der Waals surface area contributed by atoms with Crippen molar-refractivity contribution < 1.29 is 14.3 Å². The van der Waals surface area contributed by atoms with Crippen LogP contribution in [0.25, 0.3) is 0 Å². The summed E-state index contributed by atoms with van der Waals surface area (Å²) >= 11 is 0. The van der Waals surface area contributed by atoms with E-state index in [9.17, 15) is 9.18 Å². The Kier molecular flexibility index (Phi) is 3.81. The van der Waals surface area contributed by atoms with E-state index >= 15 is 0 Å². The third-order valence-electron chi connectivity index (χ3n) is 3.04. The number of benzene rings is 1. The van der Waals surface area contributed by atoms with Crippen LogP contribution in [-0.4, -0.2) is 36.8 Å². The molecule has 5 heteroatoms. The van der Waals surface area contributed by atoms with Crippen molar-refractivity contribution in [1.29, 1.82) is 0 Å². The Balaban J connectivity index is 1.96. The molecule has 98 valence electrons. The molecule has 0 radical (unpaired) electrons. The number of carbonyl (C=O) groups is 1. The summed E-state index contributed by atoms with van der Waals surface area (Å²) < 4.78 is 12.8. The van der Waals surface area contributed by atoms with E-state index in [1.54, 1.807) is 19.2 Å². The van der Waals surface area contributed by atoms with Gasteiger partial charge in [-0.05, 0) is 37.1 Å². The summed E-state index contributed by atoms with van der Waals surface area (Å²) in [5.74, 6) is -1.14. The standard InChI is InChI=1S/C13H17FN2O2/c1-16(11-6-2-9(14)3-7-11)8-12(13(17)18)15-10-4-5-10/h2-3,6-7,10,12,15H,4-5,8H2,1H3,(H,17,18). The van der Waals surface area contributed by atoms with Crippen molar-refractivity contribution in [1.82, 2.24) is 5.32 Å². The molecule has 1 aromatic rings. The van der Waals surface area contributed by atoms with Crippen molar-refractivity contribution in [2.24, 2.45) is 0 Å². The first kappa shape index (κ1) is 12.8. The molecule has 0 aromatic heterocycles. The Bertz CT molecular complexity index is 418. The van der Waals surface area contributed by atoms with Crippen molar-refractivity contribution in [3.05, 3.63) is 30.1 Å². The Morgan fingerprint density at radius 3 is 2.61 bits per heavy atom. The summed E-state index contributed by atoms with van der Waals surface area (Å²) in [6.07, 6.45) is 2.09. The maximum absolute atomic E-state index is 12.8. The molecule has 0 heterocycles. The van der Waals surface area contributed by atoms with Gasteiger partial charge in [-0.15, -0.1) is 0 Å². The molecule has 2 rings (SSSR count). The third-order valence-corrected chi connectivity index (χ3v) is 3.04. The van der Waals surface area contributed by atoms with Crippen LogP contribution in [-0.2, 0) is 4.79 Å². The van der Waals surface area contributed by atoms with E-state index in [1.165, 1.54) is 12.1 Å². The largest absolute Gasteiger partial charge is 0.480 e. The predicted octanol–water partition coefficient (Wildman–Crippen LogP) is 1.47. The number of aliphatic carboxylic acids is 1. The molecule has 1 aliphatic carbocycles. The van der Waals surface area contributed by atoms with E-state index < -0.39 is 12.0 Å². The maximum Gasteiger partial charge on any atom is 0.322 e. The monoisotopic (exact) mass is 252 g/mol. The van der Waals surface area contributed by atoms with E-state index in [0.717, 1.165) is 18.5 Å². The molecule has 1 unspecified atom stereocenters. The Morgan fingerprint density at radius 1 is 1.50 bits per heavy atom. The fraction of sp³-hybridized carbons (Fsp3) is 0.462. The molecule has 0 amide bonds. The molecule has 1 aliphatic rings. The van der Waals surface area contributed by atoms with Crippen LogP contribution in [0.3, 0.4) is 0 Å². The number of likely N-dealkylation sites (N-methyl/N-ethyl adjacent to an activating group) is 1. The van der Waals surface area contributed by atoms with Crippen LogP contribution in [0.2, 0.25) is 0 Å². The lowest BCUT2D eigenvalue weighted by Gasteiger charge is -2.24. The van der Waals surface area contributed by atoms with Gasteiger partial charge < -0.3 is 15.3 Å². The Hall–Kier alpha value is -1.62. The van der Waals surface area contributed by atoms with Gasteiger partial charge in [0, 0.05) is 25.3 Å². The molecule has 0 bridgehead atoms. The van der Waals surface area contributed by atoms with Gasteiger partial charge in [-0.1, -0.05) is 0 Å². The summed E-state index contributed by atoms with van der Waals surface area (Å²) in [6, 6.07) is 5.78. The van der Waals surface area contributed by atoms with Crippen LogP contribution < -0.4 is 10.2 Å². The van der Waals surface area contributed by atoms with Gasteiger partial charge in [0.2, 0.25) is 0 Å². The van der Waals surface area contributed by atoms with Crippen LogP contribution in [0.5, 0.6) is 0 Å². The fourth-order valence-corrected chi connectivity index (χ4v) is 1.81. The maximum atomic E-state index is 12.8. The number of nitrogens with zero attached hydrogens (tertiary/aromatic N) is 1. The molecule has 0 spiro atoms. The van der Waals surface area contributed by atoms with Crippen molar-refractivity contribution in [2.45, 2.75) is 24.9 Å². The Labute approximate surface area is 105 Å². The van der Waals surface area contributed by atoms with Crippen molar-refractivity contribution in [3.63, 3.8) is 0 Å². The lowest BCUT2D eigenvalue weighted by molar-refractivity contribution is -0.139. The molecule has 1 saturated carbocycles. The molecular formula is C13H17FN2O2. The minimum atomic E-state index is -0.851. The average molecular weight is 252 g/mol.